The van der Waals surface area contributed by atoms with E-state index in [1.165, 1.54) is 25.7 Å². The number of carboxylic acids is 1. The number of alkyl halides is 3. The maximum atomic E-state index is 10.6. The molecule has 0 bridgehead atoms. The van der Waals surface area contributed by atoms with E-state index in [1.54, 1.807) is 0 Å². The molecule has 1 unspecified atom stereocenters. The van der Waals surface area contributed by atoms with Crippen LogP contribution in [0.5, 0.6) is 0 Å². The summed E-state index contributed by atoms with van der Waals surface area (Å²) in [4.78, 5) is 8.90. The number of rotatable bonds is 0. The van der Waals surface area contributed by atoms with Crippen LogP contribution < -0.4 is 0 Å². The summed E-state index contributed by atoms with van der Waals surface area (Å²) in [7, 11) is 0. The highest BCUT2D eigenvalue weighted by molar-refractivity contribution is 6.92. The summed E-state index contributed by atoms with van der Waals surface area (Å²) in [5.74, 6) is -2.76. The summed E-state index contributed by atoms with van der Waals surface area (Å²) in [6.07, 6.45) is 0.917. The van der Waals surface area contributed by atoms with Crippen molar-refractivity contribution in [3.05, 3.63) is 0 Å². The van der Waals surface area contributed by atoms with E-state index in [4.69, 9.17) is 9.90 Å². The van der Waals surface area contributed by atoms with Crippen molar-refractivity contribution in [3.8, 4) is 0 Å². The zero-order valence-electron chi connectivity index (χ0n) is 6.52. The van der Waals surface area contributed by atoms with Gasteiger partial charge in [0, 0.05) is 0 Å². The fourth-order valence-electron chi connectivity index (χ4n) is 0.250. The fourth-order valence-corrected chi connectivity index (χ4v) is 0.250. The van der Waals surface area contributed by atoms with Crippen LogP contribution in [0.15, 0.2) is 0 Å². The second-order valence-corrected chi connectivity index (χ2v) is 2.22. The van der Waals surface area contributed by atoms with Crippen molar-refractivity contribution in [3.63, 3.8) is 0 Å². The van der Waals surface area contributed by atoms with Crippen LogP contribution in [0.3, 0.4) is 0 Å². The van der Waals surface area contributed by atoms with E-state index < -0.39 is 12.1 Å². The zero-order chi connectivity index (χ0) is 8.91. The summed E-state index contributed by atoms with van der Waals surface area (Å²) in [5, 5.41) is 7.12. The van der Waals surface area contributed by atoms with E-state index in [9.17, 15) is 13.2 Å². The molecular weight excluding hydrogens is 192 g/mol. The normalized spacial score (nSPS) is 14.6. The van der Waals surface area contributed by atoms with Crippen molar-refractivity contribution in [1.29, 1.82) is 0 Å². The Morgan fingerprint density at radius 2 is 1.25 bits per heavy atom. The second kappa shape index (κ2) is 6.23. The summed E-state index contributed by atoms with van der Waals surface area (Å²) in [6, 6.07) is 0. The first-order valence-corrected chi connectivity index (χ1v) is 3.24. The van der Waals surface area contributed by atoms with Crippen molar-refractivity contribution in [2.45, 2.75) is 31.9 Å². The molecule has 0 aromatic carbocycles. The Balaban J connectivity index is 0. The largest absolute Gasteiger partial charge is 0.490 e. The van der Waals surface area contributed by atoms with Crippen LogP contribution in [0.25, 0.3) is 0 Å². The minimum Gasteiger partial charge on any atom is -0.475 e. The van der Waals surface area contributed by atoms with Crippen LogP contribution in [0.2, 0.25) is 0 Å². The number of aliphatic carboxylic acids is 1. The Labute approximate surface area is 71.8 Å². The molecule has 1 rings (SSSR count). The van der Waals surface area contributed by atoms with Crippen LogP contribution in [0.1, 0.15) is 25.7 Å². The Morgan fingerprint density at radius 3 is 1.25 bits per heavy atom. The predicted molar refractivity (Wildman–Crippen MR) is 43.3 cm³/mol. The third-order valence-electron chi connectivity index (χ3n) is 1.24. The number of hydrogen-bond donors (Lipinski definition) is 1. The molecule has 1 atom stereocenters. The molecule has 1 saturated carbocycles. The summed E-state index contributed by atoms with van der Waals surface area (Å²) in [6.45, 7) is 0. The molecule has 1 aliphatic carbocycles. The van der Waals surface area contributed by atoms with Gasteiger partial charge >= 0.3 is 12.1 Å². The van der Waals surface area contributed by atoms with Crippen LogP contribution >= 0.6 is 9.90 Å². The molecular formula is C6H12F3O2P. The van der Waals surface area contributed by atoms with Crippen molar-refractivity contribution in [1.82, 2.24) is 0 Å². The molecule has 0 aromatic heterocycles. The Bertz CT molecular complexity index is 127. The van der Waals surface area contributed by atoms with E-state index in [-0.39, 0.29) is 9.90 Å². The van der Waals surface area contributed by atoms with E-state index >= 15 is 0 Å². The summed E-state index contributed by atoms with van der Waals surface area (Å²) >= 11 is 0. The van der Waals surface area contributed by atoms with Gasteiger partial charge in [-0.15, -0.1) is 0 Å². The Morgan fingerprint density at radius 1 is 1.08 bits per heavy atom. The van der Waals surface area contributed by atoms with Gasteiger partial charge in [-0.25, -0.2) is 4.79 Å². The maximum Gasteiger partial charge on any atom is 0.490 e. The molecule has 0 saturated heterocycles. The van der Waals surface area contributed by atoms with Crippen molar-refractivity contribution >= 4 is 15.9 Å². The van der Waals surface area contributed by atoms with Gasteiger partial charge < -0.3 is 5.11 Å². The van der Waals surface area contributed by atoms with E-state index in [0.717, 1.165) is 0 Å². The smallest absolute Gasteiger partial charge is 0.475 e. The molecule has 0 amide bonds. The quantitative estimate of drug-likeness (QED) is 0.614. The van der Waals surface area contributed by atoms with Crippen LogP contribution in [-0.4, -0.2) is 17.3 Å². The minimum atomic E-state index is -5.08. The van der Waals surface area contributed by atoms with Gasteiger partial charge in [0.1, 0.15) is 0 Å². The Hall–Kier alpha value is -0.310. The van der Waals surface area contributed by atoms with Crippen molar-refractivity contribution < 1.29 is 23.1 Å². The molecule has 0 aliphatic heterocycles. The topological polar surface area (TPSA) is 37.3 Å². The molecule has 0 radical (unpaired) electrons. The minimum absolute atomic E-state index is 0. The van der Waals surface area contributed by atoms with Gasteiger partial charge in [0.2, 0.25) is 0 Å². The highest BCUT2D eigenvalue weighted by Crippen LogP contribution is 2.15. The third kappa shape index (κ3) is 7.79. The highest BCUT2D eigenvalue weighted by Gasteiger charge is 2.38. The monoisotopic (exact) mass is 204 g/mol. The highest BCUT2D eigenvalue weighted by atomic mass is 31.0. The SMILES string of the molecule is C1CCC1.O=C(O)C(F)(F)F.P. The molecule has 0 heterocycles. The van der Waals surface area contributed by atoms with Gasteiger partial charge in [0.15, 0.2) is 0 Å². The van der Waals surface area contributed by atoms with E-state index in [2.05, 4.69) is 0 Å². The summed E-state index contributed by atoms with van der Waals surface area (Å²) < 4.78 is 31.7. The van der Waals surface area contributed by atoms with Gasteiger partial charge in [-0.05, 0) is 0 Å². The lowest BCUT2D eigenvalue weighted by atomic mass is 10.0. The molecule has 12 heavy (non-hydrogen) atoms. The van der Waals surface area contributed by atoms with E-state index in [1.807, 2.05) is 0 Å². The van der Waals surface area contributed by atoms with Crippen LogP contribution in [-0.2, 0) is 4.79 Å². The van der Waals surface area contributed by atoms with Crippen molar-refractivity contribution in [2.75, 3.05) is 0 Å². The van der Waals surface area contributed by atoms with E-state index in [0.29, 0.717) is 0 Å². The maximum absolute atomic E-state index is 10.6. The van der Waals surface area contributed by atoms with Gasteiger partial charge in [-0.3, -0.25) is 0 Å². The lowest BCUT2D eigenvalue weighted by molar-refractivity contribution is -0.192. The van der Waals surface area contributed by atoms with Gasteiger partial charge in [0.05, 0.1) is 0 Å². The number of halogens is 3. The van der Waals surface area contributed by atoms with Crippen LogP contribution in [0.4, 0.5) is 13.2 Å². The molecule has 2 nitrogen and oxygen atoms in total. The molecule has 1 aliphatic rings. The molecule has 0 spiro atoms. The lowest BCUT2D eigenvalue weighted by Crippen LogP contribution is -2.21. The average molecular weight is 204 g/mol. The van der Waals surface area contributed by atoms with Gasteiger partial charge in [-0.2, -0.15) is 23.1 Å². The van der Waals surface area contributed by atoms with Gasteiger partial charge in [-0.1, -0.05) is 25.7 Å². The number of hydrogen-bond acceptors (Lipinski definition) is 1. The molecule has 74 valence electrons. The first-order chi connectivity index (χ1) is 4.94. The Kier molecular flexibility index (Phi) is 7.39. The third-order valence-corrected chi connectivity index (χ3v) is 1.24. The fraction of sp³-hybridized carbons (Fsp3) is 0.833. The zero-order valence-corrected chi connectivity index (χ0v) is 7.94. The average Bonchev–Trinajstić information content (AvgIpc) is 1.55. The van der Waals surface area contributed by atoms with Crippen molar-refractivity contribution in [2.24, 2.45) is 0 Å². The lowest BCUT2D eigenvalue weighted by Gasteiger charge is -2.05. The molecule has 0 aromatic rings. The molecule has 1 N–H and O–H groups in total. The second-order valence-electron chi connectivity index (χ2n) is 2.22. The summed E-state index contributed by atoms with van der Waals surface area (Å²) in [5.41, 5.74) is 0. The number of carbonyl (C=O) groups is 1. The predicted octanol–water partition coefficient (Wildman–Crippen LogP) is 2.25. The first kappa shape index (κ1) is 14.2. The van der Waals surface area contributed by atoms with Crippen LogP contribution in [0, 0.1) is 0 Å². The standard InChI is InChI=1S/C4H8.C2HF3O2.H3P/c1-2-4-3-1;3-2(4,5)1(6)7;/h1-4H2;(H,6,7);1H3. The van der Waals surface area contributed by atoms with Gasteiger partial charge in [0.25, 0.3) is 0 Å². The number of carboxylic acid groups (broad SMARTS) is 1. The molecule has 6 heteroatoms. The first-order valence-electron chi connectivity index (χ1n) is 3.24. The molecule has 1 fully saturated rings.